The summed E-state index contributed by atoms with van der Waals surface area (Å²) in [6, 6.07) is 8.82. The van der Waals surface area contributed by atoms with Crippen molar-refractivity contribution in [1.82, 2.24) is 15.5 Å². The largest absolute Gasteiger partial charge is 0.497 e. The number of methoxy groups -OCH3 is 1. The molecule has 1 aromatic rings. The first-order valence-electron chi connectivity index (χ1n) is 10.2. The minimum Gasteiger partial charge on any atom is -0.497 e. The quantitative estimate of drug-likeness (QED) is 0.526. The van der Waals surface area contributed by atoms with Gasteiger partial charge in [-0.15, -0.1) is 0 Å². The fourth-order valence-corrected chi connectivity index (χ4v) is 3.63. The molecule has 2 fully saturated rings. The number of nitrogens with one attached hydrogen (secondary N) is 2. The summed E-state index contributed by atoms with van der Waals surface area (Å²) < 4.78 is 5.31. The lowest BCUT2D eigenvalue weighted by molar-refractivity contribution is 0.251. The lowest BCUT2D eigenvalue weighted by atomic mass is 10.1. The van der Waals surface area contributed by atoms with Crippen LogP contribution in [0, 0.1) is 5.92 Å². The molecule has 1 saturated carbocycles. The topological polar surface area (TPSA) is 48.9 Å². The number of benzene rings is 1. The van der Waals surface area contributed by atoms with Gasteiger partial charge in [0.15, 0.2) is 5.96 Å². The molecule has 0 bridgehead atoms. The minimum atomic E-state index is 0.335. The molecule has 5 heteroatoms. The van der Waals surface area contributed by atoms with E-state index in [1.54, 1.807) is 7.11 Å². The Morgan fingerprint density at radius 3 is 2.54 bits per heavy atom. The molecule has 26 heavy (non-hydrogen) atoms. The smallest absolute Gasteiger partial charge is 0.191 e. The van der Waals surface area contributed by atoms with Gasteiger partial charge in [0.2, 0.25) is 0 Å². The second-order valence-corrected chi connectivity index (χ2v) is 7.41. The van der Waals surface area contributed by atoms with Crippen molar-refractivity contribution in [3.63, 3.8) is 0 Å². The molecule has 0 spiro atoms. The lowest BCUT2D eigenvalue weighted by Crippen LogP contribution is -2.39. The van der Waals surface area contributed by atoms with Gasteiger partial charge in [-0.25, -0.2) is 0 Å². The van der Waals surface area contributed by atoms with E-state index in [2.05, 4.69) is 46.7 Å². The third-order valence-corrected chi connectivity index (χ3v) is 5.39. The fraction of sp³-hybridized carbons (Fsp3) is 0.667. The molecule has 0 amide bonds. The highest BCUT2D eigenvalue weighted by atomic mass is 16.5. The Bertz CT molecular complexity index is 562. The summed E-state index contributed by atoms with van der Waals surface area (Å²) >= 11 is 0. The SMILES string of the molecule is CCNC(=NCC(c1ccc(OC)cc1)N1CCCC1)NCCC1CC1. The monoisotopic (exact) mass is 358 g/mol. The van der Waals surface area contributed by atoms with E-state index in [1.165, 1.54) is 37.7 Å². The van der Waals surface area contributed by atoms with Gasteiger partial charge in [0.05, 0.1) is 19.7 Å². The van der Waals surface area contributed by atoms with Crippen LogP contribution in [0.15, 0.2) is 29.3 Å². The molecule has 2 aliphatic rings. The molecule has 3 rings (SSSR count). The van der Waals surface area contributed by atoms with Crippen LogP contribution in [0.1, 0.15) is 50.6 Å². The number of nitrogens with zero attached hydrogens (tertiary/aromatic N) is 2. The van der Waals surface area contributed by atoms with E-state index in [-0.39, 0.29) is 0 Å². The van der Waals surface area contributed by atoms with Crippen LogP contribution < -0.4 is 15.4 Å². The van der Waals surface area contributed by atoms with Gasteiger partial charge in [0, 0.05) is 13.1 Å². The van der Waals surface area contributed by atoms with Crippen molar-refractivity contribution in [1.29, 1.82) is 0 Å². The van der Waals surface area contributed by atoms with Crippen LogP contribution in [-0.4, -0.2) is 50.7 Å². The fourth-order valence-electron chi connectivity index (χ4n) is 3.63. The van der Waals surface area contributed by atoms with Crippen LogP contribution in [0.2, 0.25) is 0 Å². The van der Waals surface area contributed by atoms with Crippen LogP contribution in [-0.2, 0) is 0 Å². The van der Waals surface area contributed by atoms with E-state index in [4.69, 9.17) is 9.73 Å². The molecule has 2 N–H and O–H groups in total. The highest BCUT2D eigenvalue weighted by molar-refractivity contribution is 5.79. The maximum absolute atomic E-state index is 5.31. The summed E-state index contributed by atoms with van der Waals surface area (Å²) in [5.41, 5.74) is 1.32. The van der Waals surface area contributed by atoms with Crippen molar-refractivity contribution in [3.05, 3.63) is 29.8 Å². The molecule has 144 valence electrons. The Hall–Kier alpha value is -1.75. The maximum atomic E-state index is 5.31. The second-order valence-electron chi connectivity index (χ2n) is 7.41. The van der Waals surface area contributed by atoms with Gasteiger partial charge < -0.3 is 15.4 Å². The van der Waals surface area contributed by atoms with Crippen molar-refractivity contribution in [2.45, 2.75) is 45.1 Å². The number of aliphatic imine (C=N–C) groups is 1. The molecular formula is C21H34N4O. The molecule has 1 unspecified atom stereocenters. The summed E-state index contributed by atoms with van der Waals surface area (Å²) in [5.74, 6) is 2.81. The van der Waals surface area contributed by atoms with Gasteiger partial charge in [-0.05, 0) is 62.9 Å². The molecule has 0 aromatic heterocycles. The molecule has 1 aliphatic carbocycles. The van der Waals surface area contributed by atoms with E-state index in [9.17, 15) is 0 Å². The van der Waals surface area contributed by atoms with Crippen LogP contribution in [0.5, 0.6) is 5.75 Å². The first-order valence-corrected chi connectivity index (χ1v) is 10.2. The third-order valence-electron chi connectivity index (χ3n) is 5.39. The number of guanidine groups is 1. The summed E-state index contributed by atoms with van der Waals surface area (Å²) in [7, 11) is 1.72. The van der Waals surface area contributed by atoms with Gasteiger partial charge in [-0.1, -0.05) is 25.0 Å². The molecule has 1 aromatic carbocycles. The zero-order valence-electron chi connectivity index (χ0n) is 16.3. The average molecular weight is 359 g/mol. The number of ether oxygens (including phenoxy) is 1. The minimum absolute atomic E-state index is 0.335. The first kappa shape index (κ1) is 19.0. The Balaban J connectivity index is 1.65. The number of likely N-dealkylation sites (tertiary alicyclic amines) is 1. The van der Waals surface area contributed by atoms with Crippen LogP contribution in [0.25, 0.3) is 0 Å². The first-order chi connectivity index (χ1) is 12.8. The Morgan fingerprint density at radius 1 is 1.19 bits per heavy atom. The van der Waals surface area contributed by atoms with Gasteiger partial charge in [0.1, 0.15) is 5.75 Å². The van der Waals surface area contributed by atoms with E-state index in [1.807, 2.05) is 0 Å². The van der Waals surface area contributed by atoms with E-state index >= 15 is 0 Å². The molecule has 1 saturated heterocycles. The van der Waals surface area contributed by atoms with Crippen LogP contribution in [0.4, 0.5) is 0 Å². The maximum Gasteiger partial charge on any atom is 0.191 e. The predicted molar refractivity (Wildman–Crippen MR) is 108 cm³/mol. The van der Waals surface area contributed by atoms with Crippen molar-refractivity contribution < 1.29 is 4.74 Å². The van der Waals surface area contributed by atoms with E-state index in [0.717, 1.165) is 50.4 Å². The zero-order chi connectivity index (χ0) is 18.2. The second kappa shape index (κ2) is 9.81. The van der Waals surface area contributed by atoms with Gasteiger partial charge >= 0.3 is 0 Å². The summed E-state index contributed by atoms with van der Waals surface area (Å²) in [6.07, 6.45) is 6.65. The van der Waals surface area contributed by atoms with Crippen molar-refractivity contribution >= 4 is 5.96 Å². The Kier molecular flexibility index (Phi) is 7.18. The third kappa shape index (κ3) is 5.63. The van der Waals surface area contributed by atoms with E-state index < -0.39 is 0 Å². The zero-order valence-corrected chi connectivity index (χ0v) is 16.3. The van der Waals surface area contributed by atoms with Crippen LogP contribution >= 0.6 is 0 Å². The predicted octanol–water partition coefficient (Wildman–Crippen LogP) is 3.19. The van der Waals surface area contributed by atoms with Gasteiger partial charge in [-0.3, -0.25) is 9.89 Å². The molecule has 5 nitrogen and oxygen atoms in total. The highest BCUT2D eigenvalue weighted by Gasteiger charge is 2.24. The Morgan fingerprint density at radius 2 is 1.92 bits per heavy atom. The molecule has 1 atom stereocenters. The Labute approximate surface area is 158 Å². The molecule has 0 radical (unpaired) electrons. The van der Waals surface area contributed by atoms with E-state index in [0.29, 0.717) is 6.04 Å². The van der Waals surface area contributed by atoms with Crippen molar-refractivity contribution in [2.75, 3.05) is 39.8 Å². The number of hydrogen-bond acceptors (Lipinski definition) is 3. The van der Waals surface area contributed by atoms with Gasteiger partial charge in [0.25, 0.3) is 0 Å². The van der Waals surface area contributed by atoms with Gasteiger partial charge in [-0.2, -0.15) is 0 Å². The molecule has 1 heterocycles. The highest BCUT2D eigenvalue weighted by Crippen LogP contribution is 2.31. The summed E-state index contributed by atoms with van der Waals surface area (Å²) in [4.78, 5) is 7.48. The number of hydrogen-bond donors (Lipinski definition) is 2. The lowest BCUT2D eigenvalue weighted by Gasteiger charge is -2.27. The molecular weight excluding hydrogens is 324 g/mol. The van der Waals surface area contributed by atoms with Crippen LogP contribution in [0.3, 0.4) is 0 Å². The number of rotatable bonds is 9. The normalized spacial score (nSPS) is 19.4. The average Bonchev–Trinajstić information content (AvgIpc) is 3.34. The summed E-state index contributed by atoms with van der Waals surface area (Å²) in [6.45, 7) is 7.15. The summed E-state index contributed by atoms with van der Waals surface area (Å²) in [5, 5.41) is 6.90. The van der Waals surface area contributed by atoms with Crippen molar-refractivity contribution in [3.8, 4) is 5.75 Å². The van der Waals surface area contributed by atoms with Crippen molar-refractivity contribution in [2.24, 2.45) is 10.9 Å². The molecule has 1 aliphatic heterocycles. The standard InChI is InChI=1S/C21H34N4O/c1-3-22-21(23-13-12-17-6-7-17)24-16-20(25-14-4-5-15-25)18-8-10-19(26-2)11-9-18/h8-11,17,20H,3-7,12-16H2,1-2H3,(H2,22,23,24).